The van der Waals surface area contributed by atoms with Crippen LogP contribution in [0.3, 0.4) is 0 Å². The molecule has 26 heavy (non-hydrogen) atoms. The van der Waals surface area contributed by atoms with Gasteiger partial charge in [0.1, 0.15) is 11.4 Å². The quantitative estimate of drug-likeness (QED) is 0.690. The number of H-pyrrole nitrogens is 1. The van der Waals surface area contributed by atoms with Crippen LogP contribution in [0.1, 0.15) is 10.5 Å². The zero-order valence-corrected chi connectivity index (χ0v) is 14.4. The Morgan fingerprint density at radius 2 is 2.19 bits per heavy atom. The van der Waals surface area contributed by atoms with Gasteiger partial charge >= 0.3 is 0 Å². The number of aromatic nitrogens is 2. The van der Waals surface area contributed by atoms with Crippen molar-refractivity contribution in [3.8, 4) is 5.75 Å². The number of benzene rings is 1. The number of rotatable bonds is 4. The molecule has 1 aliphatic rings. The second-order valence-electron chi connectivity index (χ2n) is 5.81. The van der Waals surface area contributed by atoms with Crippen LogP contribution in [-0.2, 0) is 4.79 Å². The Morgan fingerprint density at radius 1 is 1.35 bits per heavy atom. The largest absolute Gasteiger partial charge is 0.482 e. The molecule has 2 aromatic heterocycles. The number of ether oxygens (including phenoxy) is 1. The maximum absolute atomic E-state index is 12.4. The van der Waals surface area contributed by atoms with Crippen LogP contribution in [0, 0.1) is 0 Å². The highest BCUT2D eigenvalue weighted by molar-refractivity contribution is 6.33. The number of para-hydroxylation sites is 2. The SMILES string of the molecule is O=C(NCCN1C(=O)COc2ccccc21)c1cc2ccnc(Cl)c2[nH]1. The predicted octanol–water partition coefficient (Wildman–Crippen LogP) is 2.37. The topological polar surface area (TPSA) is 87.3 Å². The molecular weight excluding hydrogens is 356 g/mol. The second kappa shape index (κ2) is 6.68. The van der Waals surface area contributed by atoms with Crippen LogP contribution in [0.25, 0.3) is 10.9 Å². The summed E-state index contributed by atoms with van der Waals surface area (Å²) < 4.78 is 5.41. The fourth-order valence-corrected chi connectivity index (χ4v) is 3.13. The molecule has 2 amide bonds. The Bertz CT molecular complexity index is 1000. The molecule has 0 fully saturated rings. The summed E-state index contributed by atoms with van der Waals surface area (Å²) >= 11 is 6.01. The van der Waals surface area contributed by atoms with E-state index < -0.39 is 0 Å². The summed E-state index contributed by atoms with van der Waals surface area (Å²) in [7, 11) is 0. The minimum atomic E-state index is -0.272. The van der Waals surface area contributed by atoms with Crippen molar-refractivity contribution in [1.29, 1.82) is 0 Å². The maximum Gasteiger partial charge on any atom is 0.267 e. The number of pyridine rings is 1. The highest BCUT2D eigenvalue weighted by Crippen LogP contribution is 2.31. The lowest BCUT2D eigenvalue weighted by atomic mass is 10.2. The molecule has 4 rings (SSSR count). The summed E-state index contributed by atoms with van der Waals surface area (Å²) in [5.41, 5.74) is 1.72. The van der Waals surface area contributed by atoms with Gasteiger partial charge in [0.25, 0.3) is 11.8 Å². The second-order valence-corrected chi connectivity index (χ2v) is 6.16. The van der Waals surface area contributed by atoms with Gasteiger partial charge in [0.05, 0.1) is 11.2 Å². The van der Waals surface area contributed by atoms with E-state index >= 15 is 0 Å². The number of hydrogen-bond acceptors (Lipinski definition) is 4. The van der Waals surface area contributed by atoms with Gasteiger partial charge in [-0.1, -0.05) is 23.7 Å². The number of hydrogen-bond donors (Lipinski definition) is 2. The molecule has 0 radical (unpaired) electrons. The van der Waals surface area contributed by atoms with Crippen molar-refractivity contribution in [2.75, 3.05) is 24.6 Å². The first-order chi connectivity index (χ1) is 12.6. The molecule has 0 saturated heterocycles. The van der Waals surface area contributed by atoms with Crippen LogP contribution in [0.5, 0.6) is 5.75 Å². The molecule has 1 aromatic carbocycles. The van der Waals surface area contributed by atoms with Crippen molar-refractivity contribution in [1.82, 2.24) is 15.3 Å². The van der Waals surface area contributed by atoms with Crippen molar-refractivity contribution < 1.29 is 14.3 Å². The molecule has 0 spiro atoms. The Hall–Kier alpha value is -3.06. The van der Waals surface area contributed by atoms with E-state index in [1.807, 2.05) is 24.3 Å². The molecule has 8 heteroatoms. The van der Waals surface area contributed by atoms with E-state index in [4.69, 9.17) is 16.3 Å². The number of fused-ring (bicyclic) bond motifs is 2. The molecule has 1 aliphatic heterocycles. The smallest absolute Gasteiger partial charge is 0.267 e. The van der Waals surface area contributed by atoms with E-state index in [-0.39, 0.29) is 18.4 Å². The number of carbonyl (C=O) groups excluding carboxylic acids is 2. The van der Waals surface area contributed by atoms with Crippen molar-refractivity contribution in [3.63, 3.8) is 0 Å². The Morgan fingerprint density at radius 3 is 3.04 bits per heavy atom. The zero-order valence-electron chi connectivity index (χ0n) is 13.7. The standard InChI is InChI=1S/C18H15ClN4O3/c19-17-16-11(5-6-20-17)9-12(22-16)18(25)21-7-8-23-13-3-1-2-4-14(13)26-10-15(23)24/h1-6,9,22H,7-8,10H2,(H,21,25). The highest BCUT2D eigenvalue weighted by atomic mass is 35.5. The normalized spacial score (nSPS) is 13.4. The van der Waals surface area contributed by atoms with E-state index in [1.165, 1.54) is 0 Å². The van der Waals surface area contributed by atoms with Crippen molar-refractivity contribution in [2.45, 2.75) is 0 Å². The van der Waals surface area contributed by atoms with Gasteiger partial charge in [0.2, 0.25) is 0 Å². The molecule has 132 valence electrons. The molecule has 0 atom stereocenters. The first kappa shape index (κ1) is 16.4. The van der Waals surface area contributed by atoms with Gasteiger partial charge in [-0.05, 0) is 24.3 Å². The average molecular weight is 371 g/mol. The van der Waals surface area contributed by atoms with E-state index in [9.17, 15) is 9.59 Å². The third-order valence-corrected chi connectivity index (χ3v) is 4.46. The molecule has 3 heterocycles. The first-order valence-corrected chi connectivity index (χ1v) is 8.45. The van der Waals surface area contributed by atoms with E-state index in [0.717, 1.165) is 5.39 Å². The van der Waals surface area contributed by atoms with Crippen LogP contribution in [0.4, 0.5) is 5.69 Å². The summed E-state index contributed by atoms with van der Waals surface area (Å²) in [5, 5.41) is 3.94. The molecule has 0 bridgehead atoms. The fourth-order valence-electron chi connectivity index (χ4n) is 2.92. The summed E-state index contributed by atoms with van der Waals surface area (Å²) in [6.45, 7) is 0.659. The summed E-state index contributed by atoms with van der Waals surface area (Å²) in [5.74, 6) is 0.254. The van der Waals surface area contributed by atoms with E-state index in [1.54, 1.807) is 23.2 Å². The van der Waals surface area contributed by atoms with Crippen molar-refractivity contribution >= 4 is 40.0 Å². The lowest BCUT2D eigenvalue weighted by molar-refractivity contribution is -0.121. The number of amides is 2. The minimum absolute atomic E-state index is 0.00151. The minimum Gasteiger partial charge on any atom is -0.482 e. The number of nitrogens with one attached hydrogen (secondary N) is 2. The summed E-state index contributed by atoms with van der Waals surface area (Å²) in [6, 6.07) is 10.8. The van der Waals surface area contributed by atoms with Gasteiger partial charge in [-0.2, -0.15) is 0 Å². The zero-order chi connectivity index (χ0) is 18.1. The lowest BCUT2D eigenvalue weighted by Crippen LogP contribution is -2.43. The molecule has 0 unspecified atom stereocenters. The monoisotopic (exact) mass is 370 g/mol. The Labute approximate surface area is 153 Å². The van der Waals surface area contributed by atoms with Crippen molar-refractivity contribution in [3.05, 3.63) is 53.4 Å². The molecule has 7 nitrogen and oxygen atoms in total. The highest BCUT2D eigenvalue weighted by Gasteiger charge is 2.24. The molecular formula is C18H15ClN4O3. The van der Waals surface area contributed by atoms with Crippen LogP contribution >= 0.6 is 11.6 Å². The summed E-state index contributed by atoms with van der Waals surface area (Å²) in [4.78, 5) is 33.0. The number of aromatic amines is 1. The van der Waals surface area contributed by atoms with Gasteiger partial charge in [-0.25, -0.2) is 4.98 Å². The Kier molecular flexibility index (Phi) is 4.22. The fraction of sp³-hybridized carbons (Fsp3) is 0.167. The third-order valence-electron chi connectivity index (χ3n) is 4.17. The third kappa shape index (κ3) is 2.97. The van der Waals surface area contributed by atoms with E-state index in [2.05, 4.69) is 15.3 Å². The van der Waals surface area contributed by atoms with Crippen LogP contribution < -0.4 is 15.0 Å². The number of nitrogens with zero attached hydrogens (tertiary/aromatic N) is 2. The number of anilines is 1. The van der Waals surface area contributed by atoms with Gasteiger partial charge in [-0.15, -0.1) is 0 Å². The average Bonchev–Trinajstić information content (AvgIpc) is 3.09. The van der Waals surface area contributed by atoms with Gasteiger partial charge < -0.3 is 19.9 Å². The van der Waals surface area contributed by atoms with Crippen molar-refractivity contribution in [2.24, 2.45) is 0 Å². The molecule has 2 N–H and O–H groups in total. The molecule has 3 aromatic rings. The lowest BCUT2D eigenvalue weighted by Gasteiger charge is -2.29. The molecule has 0 aliphatic carbocycles. The number of carbonyl (C=O) groups is 2. The van der Waals surface area contributed by atoms with Crippen LogP contribution in [-0.4, -0.2) is 41.5 Å². The van der Waals surface area contributed by atoms with Crippen LogP contribution in [0.15, 0.2) is 42.6 Å². The van der Waals surface area contributed by atoms with Gasteiger partial charge in [-0.3, -0.25) is 9.59 Å². The Balaban J connectivity index is 1.43. The summed E-state index contributed by atoms with van der Waals surface area (Å²) in [6.07, 6.45) is 1.58. The number of halogens is 1. The van der Waals surface area contributed by atoms with Gasteiger partial charge in [0, 0.05) is 24.7 Å². The van der Waals surface area contributed by atoms with Gasteiger partial charge in [0.15, 0.2) is 11.8 Å². The van der Waals surface area contributed by atoms with Crippen LogP contribution in [0.2, 0.25) is 5.15 Å². The predicted molar refractivity (Wildman–Crippen MR) is 97.7 cm³/mol. The van der Waals surface area contributed by atoms with E-state index in [0.29, 0.717) is 40.9 Å². The molecule has 0 saturated carbocycles. The maximum atomic E-state index is 12.4. The first-order valence-electron chi connectivity index (χ1n) is 8.07.